The summed E-state index contributed by atoms with van der Waals surface area (Å²) in [5, 5.41) is 45.3. The Hall–Kier alpha value is -1.86. The Kier molecular flexibility index (Phi) is 20.3. The molecule has 19 unspecified atom stereocenters. The summed E-state index contributed by atoms with van der Waals surface area (Å²) in [7, 11) is 6.54. The lowest BCUT2D eigenvalue weighted by molar-refractivity contribution is -0.304. The molecule has 352 valence electrons. The van der Waals surface area contributed by atoms with E-state index < -0.39 is 103 Å². The summed E-state index contributed by atoms with van der Waals surface area (Å²) in [5.41, 5.74) is 0.761. The Bertz CT molecular complexity index is 1420. The first kappa shape index (κ1) is 51.8. The zero-order chi connectivity index (χ0) is 45.3. The smallest absolute Gasteiger partial charge is 0.308 e. The molecule has 61 heavy (non-hydrogen) atoms. The highest BCUT2D eigenvalue weighted by molar-refractivity contribution is 5.91. The third kappa shape index (κ3) is 13.8. The van der Waals surface area contributed by atoms with Crippen LogP contribution < -0.4 is 0 Å². The van der Waals surface area contributed by atoms with Gasteiger partial charge in [-0.1, -0.05) is 52.3 Å². The number of piperidine rings is 1. The molecule has 0 spiro atoms. The van der Waals surface area contributed by atoms with Crippen LogP contribution in [0.15, 0.2) is 23.8 Å². The van der Waals surface area contributed by atoms with Gasteiger partial charge in [0.25, 0.3) is 0 Å². The summed E-state index contributed by atoms with van der Waals surface area (Å²) in [6.07, 6.45) is -2.96. The summed E-state index contributed by atoms with van der Waals surface area (Å²) in [6, 6.07) is -0.684. The van der Waals surface area contributed by atoms with Gasteiger partial charge in [-0.25, -0.2) is 0 Å². The lowest BCUT2D eigenvalue weighted by Gasteiger charge is -2.47. The number of ketones is 1. The highest BCUT2D eigenvalue weighted by Gasteiger charge is 2.48. The molecule has 0 aromatic rings. The fraction of sp³-hybridized carbons (Fsp3) is 0.870. The predicted molar refractivity (Wildman–Crippen MR) is 229 cm³/mol. The Morgan fingerprint density at radius 1 is 0.820 bits per heavy atom. The number of hydrogen-bond acceptors (Lipinski definition) is 15. The zero-order valence-electron chi connectivity index (χ0n) is 38.9. The van der Waals surface area contributed by atoms with Gasteiger partial charge in [0.2, 0.25) is 0 Å². The van der Waals surface area contributed by atoms with Crippen LogP contribution in [-0.4, -0.2) is 176 Å². The lowest BCUT2D eigenvalue weighted by atomic mass is 9.79. The topological polar surface area (TPSA) is 186 Å². The van der Waals surface area contributed by atoms with Crippen molar-refractivity contribution < 1.29 is 63.2 Å². The van der Waals surface area contributed by atoms with Gasteiger partial charge in [0, 0.05) is 45.1 Å². The Labute approximate surface area is 365 Å². The number of likely N-dealkylation sites (N-methyl/N-ethyl adjacent to an activating group) is 1. The van der Waals surface area contributed by atoms with Gasteiger partial charge in [-0.3, -0.25) is 9.59 Å². The van der Waals surface area contributed by atoms with Crippen LogP contribution in [-0.2, 0) is 42.7 Å². The molecule has 4 N–H and O–H groups in total. The maximum absolute atomic E-state index is 14.0. The third-order valence-electron chi connectivity index (χ3n) is 13.5. The number of aliphatic hydroxyl groups excluding tert-OH is 4. The summed E-state index contributed by atoms with van der Waals surface area (Å²) < 4.78 is 42.6. The molecule has 3 saturated heterocycles. The van der Waals surface area contributed by atoms with E-state index in [1.807, 2.05) is 33.8 Å². The molecule has 0 aromatic carbocycles. The van der Waals surface area contributed by atoms with Crippen LogP contribution in [0.2, 0.25) is 0 Å². The summed E-state index contributed by atoms with van der Waals surface area (Å²) >= 11 is 0. The molecule has 19 atom stereocenters. The van der Waals surface area contributed by atoms with E-state index in [1.165, 1.54) is 20.6 Å². The fourth-order valence-corrected chi connectivity index (χ4v) is 10.0. The van der Waals surface area contributed by atoms with E-state index in [4.69, 9.17) is 33.2 Å². The molecule has 4 rings (SSSR count). The number of nitrogens with zero attached hydrogens (tertiary/aromatic N) is 2. The number of cyclic esters (lactones) is 1. The minimum Gasteiger partial charge on any atom is -0.462 e. The fourth-order valence-electron chi connectivity index (χ4n) is 10.0. The quantitative estimate of drug-likeness (QED) is 0.209. The predicted octanol–water partition coefficient (Wildman–Crippen LogP) is 3.34. The van der Waals surface area contributed by atoms with E-state index in [-0.39, 0.29) is 24.7 Å². The molecule has 0 aromatic heterocycles. The summed E-state index contributed by atoms with van der Waals surface area (Å²) in [5.74, 6) is -1.46. The van der Waals surface area contributed by atoms with Gasteiger partial charge in [0.1, 0.15) is 30.5 Å². The van der Waals surface area contributed by atoms with E-state index in [1.54, 1.807) is 45.0 Å². The molecule has 15 heteroatoms. The number of carbonyl (C=O) groups excluding carboxylic acids is 2. The van der Waals surface area contributed by atoms with Crippen LogP contribution in [0.4, 0.5) is 0 Å². The van der Waals surface area contributed by atoms with Gasteiger partial charge in [0.15, 0.2) is 18.4 Å². The van der Waals surface area contributed by atoms with Crippen molar-refractivity contribution in [2.75, 3.05) is 54.6 Å². The van der Waals surface area contributed by atoms with Crippen LogP contribution in [0.3, 0.4) is 0 Å². The molecule has 15 nitrogen and oxygen atoms in total. The van der Waals surface area contributed by atoms with Gasteiger partial charge >= 0.3 is 5.97 Å². The standard InChI is InChI=1S/C46H80N2O13/c1-13-36-33(24-57-46-44(56-12)43(55-11)40(53)31(8)59-46)19-25(2)14-15-34(49)28(5)20-32(16-17-48-22-26(3)18-27(4)23-48)42(29(6)35(50)21-37(51)60-36)61-45-41(54)38(47(9)10)39(52)30(7)58-45/h14-15,19,26-33,35-36,38-46,50,52-54H,13,16-18,20-24H2,1-12H3/b15-14-,25-19-. The Morgan fingerprint density at radius 3 is 2.05 bits per heavy atom. The number of esters is 1. The average Bonchev–Trinajstić information content (AvgIpc) is 3.19. The van der Waals surface area contributed by atoms with Crippen molar-refractivity contribution in [3.63, 3.8) is 0 Å². The minimum absolute atomic E-state index is 0.0427. The second-order valence-corrected chi connectivity index (χ2v) is 18.9. The van der Waals surface area contributed by atoms with Crippen molar-refractivity contribution in [2.24, 2.45) is 35.5 Å². The lowest BCUT2D eigenvalue weighted by Crippen LogP contribution is -2.63. The molecule has 0 radical (unpaired) electrons. The van der Waals surface area contributed by atoms with Crippen molar-refractivity contribution in [2.45, 2.75) is 167 Å². The maximum atomic E-state index is 14.0. The van der Waals surface area contributed by atoms with E-state index in [0.29, 0.717) is 31.1 Å². The number of hydrogen-bond donors (Lipinski definition) is 4. The highest BCUT2D eigenvalue weighted by atomic mass is 16.7. The van der Waals surface area contributed by atoms with Crippen LogP contribution >= 0.6 is 0 Å². The largest absolute Gasteiger partial charge is 0.462 e. The number of aliphatic hydroxyl groups is 4. The monoisotopic (exact) mass is 869 g/mol. The first-order valence-corrected chi connectivity index (χ1v) is 22.6. The number of carbonyl (C=O) groups is 2. The maximum Gasteiger partial charge on any atom is 0.308 e. The number of ether oxygens (including phenoxy) is 7. The molecule has 0 bridgehead atoms. The second kappa shape index (κ2) is 23.9. The molecular weight excluding hydrogens is 789 g/mol. The van der Waals surface area contributed by atoms with E-state index in [9.17, 15) is 30.0 Å². The summed E-state index contributed by atoms with van der Waals surface area (Å²) in [4.78, 5) is 32.1. The molecule has 3 fully saturated rings. The normalized spacial score (nSPS) is 44.3. The van der Waals surface area contributed by atoms with Gasteiger partial charge in [-0.05, 0) is 90.9 Å². The van der Waals surface area contributed by atoms with Crippen molar-refractivity contribution >= 4 is 11.8 Å². The first-order chi connectivity index (χ1) is 28.8. The van der Waals surface area contributed by atoms with E-state index >= 15 is 0 Å². The van der Waals surface area contributed by atoms with Crippen molar-refractivity contribution in [1.82, 2.24) is 9.80 Å². The number of methoxy groups -OCH3 is 2. The highest BCUT2D eigenvalue weighted by Crippen LogP contribution is 2.36. The Balaban J connectivity index is 1.68. The second-order valence-electron chi connectivity index (χ2n) is 18.9. The van der Waals surface area contributed by atoms with E-state index in [2.05, 4.69) is 18.7 Å². The van der Waals surface area contributed by atoms with E-state index in [0.717, 1.165) is 25.2 Å². The van der Waals surface area contributed by atoms with Crippen LogP contribution in [0.1, 0.15) is 87.5 Å². The van der Waals surface area contributed by atoms with Gasteiger partial charge in [-0.2, -0.15) is 0 Å². The number of allylic oxidation sites excluding steroid dienone is 3. The van der Waals surface area contributed by atoms with Crippen molar-refractivity contribution in [3.05, 3.63) is 23.8 Å². The molecule has 0 aliphatic carbocycles. The first-order valence-electron chi connectivity index (χ1n) is 22.6. The van der Waals surface area contributed by atoms with Crippen LogP contribution in [0.5, 0.6) is 0 Å². The van der Waals surface area contributed by atoms with Crippen LogP contribution in [0, 0.1) is 35.5 Å². The molecule has 4 aliphatic heterocycles. The number of rotatable bonds is 12. The molecule has 0 saturated carbocycles. The molecule has 0 amide bonds. The molecule has 4 heterocycles. The third-order valence-corrected chi connectivity index (χ3v) is 13.5. The SMILES string of the molecule is CCC1OC(=O)CC(O)C(C)C(OC2OC(C)C(O)C(N(C)C)C2O)C(CCN2CC(C)CC(C)C2)CC(C)C(=O)/C=C\C(C)=C/C1COC1OC(C)C(O)C(OC)C1OC. The number of likely N-dealkylation sites (tertiary alicyclic amines) is 1. The van der Waals surface area contributed by atoms with Gasteiger partial charge < -0.3 is 63.4 Å². The summed E-state index contributed by atoms with van der Waals surface area (Å²) in [6.45, 7) is 18.2. The molecule has 4 aliphatic rings. The van der Waals surface area contributed by atoms with Crippen molar-refractivity contribution in [3.8, 4) is 0 Å². The van der Waals surface area contributed by atoms with Gasteiger partial charge in [0.05, 0.1) is 49.6 Å². The molecular formula is C46H80N2O13. The average molecular weight is 869 g/mol. The van der Waals surface area contributed by atoms with Crippen molar-refractivity contribution in [1.29, 1.82) is 0 Å². The zero-order valence-corrected chi connectivity index (χ0v) is 38.9. The minimum atomic E-state index is -1.23. The van der Waals surface area contributed by atoms with Crippen LogP contribution in [0.25, 0.3) is 0 Å². The van der Waals surface area contributed by atoms with Gasteiger partial charge in [-0.15, -0.1) is 0 Å². The Morgan fingerprint density at radius 2 is 1.44 bits per heavy atom.